The van der Waals surface area contributed by atoms with Crippen molar-refractivity contribution in [1.29, 1.82) is 0 Å². The van der Waals surface area contributed by atoms with Gasteiger partial charge in [0.15, 0.2) is 0 Å². The van der Waals surface area contributed by atoms with Gasteiger partial charge in [-0.15, -0.1) is 18.2 Å². The number of nitrogens with zero attached hydrogens (tertiary/aromatic N) is 2. The smallest absolute Gasteiger partial charge is 0.410 e. The molecule has 62 heavy (non-hydrogen) atoms. The van der Waals surface area contributed by atoms with Crippen LogP contribution in [0.1, 0.15) is 62.0 Å². The van der Waals surface area contributed by atoms with Crippen LogP contribution in [0.15, 0.2) is 127 Å². The van der Waals surface area contributed by atoms with Gasteiger partial charge in [0.05, 0.1) is 24.1 Å². The molecule has 1 amide bonds. The molecule has 2 aliphatic carbocycles. The highest BCUT2D eigenvalue weighted by Gasteiger charge is 2.65. The molecule has 0 unspecified atom stereocenters. The monoisotopic (exact) mass is 866 g/mol. The molecule has 10 nitrogen and oxygen atoms in total. The molecule has 0 aromatic heterocycles. The van der Waals surface area contributed by atoms with Crippen LogP contribution in [0.5, 0.6) is 17.2 Å². The van der Waals surface area contributed by atoms with E-state index in [-0.39, 0.29) is 63.0 Å². The van der Waals surface area contributed by atoms with Crippen LogP contribution in [-0.2, 0) is 20.9 Å². The predicted octanol–water partition coefficient (Wildman–Crippen LogP) is 10.4. The number of hydrogen-bond acceptors (Lipinski definition) is 9. The third-order valence-corrected chi connectivity index (χ3v) is 12.4. The van der Waals surface area contributed by atoms with Gasteiger partial charge in [-0.1, -0.05) is 84.7 Å². The summed E-state index contributed by atoms with van der Waals surface area (Å²) in [6.45, 7) is 4.26. The van der Waals surface area contributed by atoms with E-state index in [1.54, 1.807) is 23.1 Å². The molecule has 0 saturated heterocycles. The number of fused-ring (bicyclic) bond motifs is 2. The number of aliphatic hydroxyl groups excluding tert-OH is 2. The molecule has 7 rings (SSSR count). The largest absolute Gasteiger partial charge is 0.459 e. The summed E-state index contributed by atoms with van der Waals surface area (Å²) in [6.07, 6.45) is 7.93. The van der Waals surface area contributed by atoms with E-state index in [9.17, 15) is 19.4 Å². The summed E-state index contributed by atoms with van der Waals surface area (Å²) in [5.74, 6) is -0.665. The average Bonchev–Trinajstić information content (AvgIpc) is 3.29. The maximum absolute atomic E-state index is 14.4. The second-order valence-electron chi connectivity index (χ2n) is 16.0. The molecule has 1 saturated carbocycles. The summed E-state index contributed by atoms with van der Waals surface area (Å²) in [4.78, 5) is 21.5. The Balaban J connectivity index is 1.40. The quantitative estimate of drug-likeness (QED) is 0.0390. The van der Waals surface area contributed by atoms with Crippen molar-refractivity contribution in [1.82, 2.24) is 4.90 Å². The number of carbonyl (C=O) groups excluding carboxylic acids is 1. The predicted molar refractivity (Wildman–Crippen MR) is 238 cm³/mol. The first kappa shape index (κ1) is 44.8. The fraction of sp³-hybridized carbons (Fsp3) is 0.400. The number of oxime groups is 1. The summed E-state index contributed by atoms with van der Waals surface area (Å²) in [5.41, 5.74) is 5.31. The summed E-state index contributed by atoms with van der Waals surface area (Å²) < 4.78 is 40.8. The number of allylic oxidation sites excluding steroid dienone is 1. The van der Waals surface area contributed by atoms with Crippen molar-refractivity contribution in [2.75, 3.05) is 39.4 Å². The molecule has 12 heteroatoms. The number of benzene rings is 4. The molecule has 1 fully saturated rings. The third-order valence-electron chi connectivity index (χ3n) is 12.2. The van der Waals surface area contributed by atoms with E-state index in [1.165, 1.54) is 19.2 Å². The number of alkyl halides is 1. The summed E-state index contributed by atoms with van der Waals surface area (Å²) >= 11 is 6.05. The molecular weight excluding hydrogens is 811 g/mol. The number of aliphatic hydroxyl groups is 2. The van der Waals surface area contributed by atoms with Gasteiger partial charge in [-0.25, -0.2) is 9.18 Å². The van der Waals surface area contributed by atoms with Crippen molar-refractivity contribution in [3.63, 3.8) is 0 Å². The van der Waals surface area contributed by atoms with Crippen LogP contribution >= 0.6 is 11.6 Å². The van der Waals surface area contributed by atoms with E-state index >= 15 is 0 Å². The van der Waals surface area contributed by atoms with Gasteiger partial charge in [-0.05, 0) is 102 Å². The molecule has 328 valence electrons. The highest BCUT2D eigenvalue weighted by Crippen LogP contribution is 2.62. The first-order valence-corrected chi connectivity index (χ1v) is 22.1. The maximum atomic E-state index is 14.4. The van der Waals surface area contributed by atoms with E-state index in [1.807, 2.05) is 54.6 Å². The van der Waals surface area contributed by atoms with Crippen molar-refractivity contribution in [3.8, 4) is 28.4 Å². The van der Waals surface area contributed by atoms with Crippen molar-refractivity contribution < 1.29 is 43.2 Å². The molecule has 3 aliphatic rings. The van der Waals surface area contributed by atoms with Crippen LogP contribution in [0.2, 0.25) is 0 Å². The van der Waals surface area contributed by atoms with Crippen LogP contribution in [-0.4, -0.2) is 78.2 Å². The van der Waals surface area contributed by atoms with Crippen molar-refractivity contribution in [3.05, 3.63) is 138 Å². The molecule has 4 aromatic rings. The van der Waals surface area contributed by atoms with Crippen LogP contribution in [0, 0.1) is 23.6 Å². The Morgan fingerprint density at radius 1 is 0.952 bits per heavy atom. The zero-order chi connectivity index (χ0) is 43.5. The number of amides is 1. The van der Waals surface area contributed by atoms with E-state index in [0.29, 0.717) is 41.4 Å². The van der Waals surface area contributed by atoms with Gasteiger partial charge in [-0.2, -0.15) is 0 Å². The molecule has 0 radical (unpaired) electrons. The number of carbonyl (C=O) groups is 1. The highest BCUT2D eigenvalue weighted by molar-refractivity contribution is 6.18. The zero-order valence-electron chi connectivity index (χ0n) is 35.2. The third kappa shape index (κ3) is 9.87. The van der Waals surface area contributed by atoms with Crippen molar-refractivity contribution in [2.24, 2.45) is 22.9 Å². The minimum atomic E-state index is -1.51. The Hall–Kier alpha value is -5.20. The molecule has 4 aromatic carbocycles. The number of hydrogen-bond donors (Lipinski definition) is 2. The van der Waals surface area contributed by atoms with Gasteiger partial charge in [0.1, 0.15) is 42.8 Å². The van der Waals surface area contributed by atoms with Gasteiger partial charge < -0.3 is 34.0 Å². The molecule has 0 spiro atoms. The first-order chi connectivity index (χ1) is 30.3. The van der Waals surface area contributed by atoms with Crippen LogP contribution in [0.25, 0.3) is 11.1 Å². The molecule has 6 atom stereocenters. The van der Waals surface area contributed by atoms with Gasteiger partial charge in [-0.3, -0.25) is 4.90 Å². The topological polar surface area (TPSA) is 119 Å². The fourth-order valence-corrected chi connectivity index (χ4v) is 9.68. The van der Waals surface area contributed by atoms with E-state index in [0.717, 1.165) is 47.9 Å². The van der Waals surface area contributed by atoms with Crippen molar-refractivity contribution in [2.45, 2.75) is 69.2 Å². The normalized spacial score (nSPS) is 23.0. The van der Waals surface area contributed by atoms with Crippen LogP contribution < -0.4 is 9.47 Å². The summed E-state index contributed by atoms with van der Waals surface area (Å²) in [5, 5.41) is 24.5. The number of ether oxygens (including phenoxy) is 4. The van der Waals surface area contributed by atoms with E-state index in [2.05, 4.69) is 36.0 Å². The van der Waals surface area contributed by atoms with Crippen molar-refractivity contribution >= 4 is 23.4 Å². The van der Waals surface area contributed by atoms with Gasteiger partial charge in [0, 0.05) is 37.7 Å². The standard InChI is InChI=1S/C50H56ClFN2O8/c1-3-28-60-50-46(54(49(57)59-29-25-51)33-34-15-19-38(52)20-16-34)32-44(53-58-2)42-30-37(13-7-9-26-55)41(14-8-10-27-56)47(48(42)50)43-31-40(23-24-45(43)62-50)61-39-21-17-36(18-22-39)35-11-5-4-6-12-35/h3-6,11-12,15-24,30-31,37,41,46-48,55-56H,1,7-10,13-14,25-29,32-33H2,2H3/t37-,41+,46-,47+,48+,50+/m0/s1. The number of unbranched alkanes of at least 4 members (excludes halogenated alkanes) is 2. The molecular formula is C50H56ClFN2O8. The molecule has 0 bridgehead atoms. The Kier molecular flexibility index (Phi) is 15.4. The number of rotatable bonds is 20. The van der Waals surface area contributed by atoms with Gasteiger partial charge in [0.2, 0.25) is 5.79 Å². The Bertz CT molecular complexity index is 2170. The SMILES string of the molecule is C=CCO[C@@]12Oc3ccc(Oc4ccc(-c5ccccc5)cc4)cc3[C@H]3[C@H](CCCCO)[C@@H](CCCCO)C=C(C(=NOC)C[C@@H]1N(Cc1ccc(F)cc1)C(=O)OCCCl)[C@H]32. The highest BCUT2D eigenvalue weighted by atomic mass is 35.5. The lowest BCUT2D eigenvalue weighted by Gasteiger charge is -2.59. The average molecular weight is 867 g/mol. The molecule has 1 aliphatic heterocycles. The summed E-state index contributed by atoms with van der Waals surface area (Å²) in [6, 6.07) is 29.2. The van der Waals surface area contributed by atoms with Crippen LogP contribution in [0.4, 0.5) is 9.18 Å². The molecule has 1 heterocycles. The van der Waals surface area contributed by atoms with E-state index in [4.69, 9.17) is 35.4 Å². The second kappa shape index (κ2) is 21.3. The summed E-state index contributed by atoms with van der Waals surface area (Å²) in [7, 11) is 1.50. The zero-order valence-corrected chi connectivity index (χ0v) is 35.9. The second-order valence-corrected chi connectivity index (χ2v) is 16.4. The van der Waals surface area contributed by atoms with Crippen LogP contribution in [0.3, 0.4) is 0 Å². The lowest BCUT2D eigenvalue weighted by molar-refractivity contribution is -0.256. The lowest BCUT2D eigenvalue weighted by Crippen LogP contribution is -2.70. The minimum Gasteiger partial charge on any atom is -0.459 e. The number of halogens is 2. The Morgan fingerprint density at radius 3 is 2.35 bits per heavy atom. The first-order valence-electron chi connectivity index (χ1n) is 21.5. The molecule has 2 N–H and O–H groups in total. The van der Waals surface area contributed by atoms with Gasteiger partial charge >= 0.3 is 6.09 Å². The Morgan fingerprint density at radius 2 is 1.66 bits per heavy atom. The minimum absolute atomic E-state index is 0.0139. The fourth-order valence-electron chi connectivity index (χ4n) is 9.60. The Labute approximate surface area is 368 Å². The lowest BCUT2D eigenvalue weighted by atomic mass is 9.55. The van der Waals surface area contributed by atoms with E-state index < -0.39 is 29.7 Å². The van der Waals surface area contributed by atoms with Gasteiger partial charge in [0.25, 0.3) is 0 Å². The maximum Gasteiger partial charge on any atom is 0.410 e.